The average molecular weight is 338 g/mol. The Balaban J connectivity index is 1.65. The molecule has 1 atom stereocenters. The Labute approximate surface area is 144 Å². The molecule has 0 radical (unpaired) electrons. The second-order valence-electron chi connectivity index (χ2n) is 6.31. The Kier molecular flexibility index (Phi) is 3.76. The smallest absolute Gasteiger partial charge is 0.292 e. The number of nitrogens with zero attached hydrogens (tertiary/aromatic N) is 3. The van der Waals surface area contributed by atoms with Gasteiger partial charge in [-0.2, -0.15) is 0 Å². The van der Waals surface area contributed by atoms with Crippen LogP contribution in [-0.2, 0) is 0 Å². The molecule has 0 unspecified atom stereocenters. The molecule has 1 aliphatic heterocycles. The summed E-state index contributed by atoms with van der Waals surface area (Å²) in [6.45, 7) is 1.37. The number of rotatable bonds is 3. The van der Waals surface area contributed by atoms with Crippen LogP contribution < -0.4 is 10.6 Å². The standard InChI is InChI=1S/C18H18N4O3/c19-13-7-8-15(22(23)24)16(10-13)21-9-3-4-12(11-21)18-20-14-5-1-2-6-17(14)25-18/h1-2,5-8,10,12H,3-4,9,11,19H2/t12-/m0/s1. The number of anilines is 2. The molecule has 1 aliphatic rings. The number of piperidine rings is 1. The van der Waals surface area contributed by atoms with E-state index in [1.54, 1.807) is 12.1 Å². The minimum absolute atomic E-state index is 0.0763. The molecule has 3 aromatic rings. The molecule has 2 N–H and O–H groups in total. The highest BCUT2D eigenvalue weighted by atomic mass is 16.6. The van der Waals surface area contributed by atoms with Crippen LogP contribution in [0.15, 0.2) is 46.9 Å². The molecule has 0 saturated carbocycles. The minimum Gasteiger partial charge on any atom is -0.440 e. The number of fused-ring (bicyclic) bond motifs is 1. The zero-order valence-corrected chi connectivity index (χ0v) is 13.6. The maximum atomic E-state index is 11.4. The van der Waals surface area contributed by atoms with Crippen molar-refractivity contribution in [2.45, 2.75) is 18.8 Å². The molecule has 1 saturated heterocycles. The van der Waals surface area contributed by atoms with Gasteiger partial charge >= 0.3 is 0 Å². The van der Waals surface area contributed by atoms with Crippen molar-refractivity contribution < 1.29 is 9.34 Å². The zero-order chi connectivity index (χ0) is 17.4. The van der Waals surface area contributed by atoms with E-state index in [0.717, 1.165) is 30.5 Å². The number of nitrogen functional groups attached to an aromatic ring is 1. The quantitative estimate of drug-likeness (QED) is 0.444. The number of benzene rings is 2. The van der Waals surface area contributed by atoms with E-state index >= 15 is 0 Å². The number of hydrogen-bond donors (Lipinski definition) is 1. The molecule has 2 heterocycles. The first-order chi connectivity index (χ1) is 12.1. The number of para-hydroxylation sites is 2. The number of oxazole rings is 1. The number of aromatic nitrogens is 1. The van der Waals surface area contributed by atoms with Gasteiger partial charge in [-0.05, 0) is 37.1 Å². The Morgan fingerprint density at radius 3 is 2.92 bits per heavy atom. The molecule has 128 valence electrons. The fourth-order valence-corrected chi connectivity index (χ4v) is 3.41. The molecule has 7 nitrogen and oxygen atoms in total. The third-order valence-electron chi connectivity index (χ3n) is 4.62. The Hall–Kier alpha value is -3.09. The van der Waals surface area contributed by atoms with E-state index < -0.39 is 0 Å². The van der Waals surface area contributed by atoms with Crippen molar-refractivity contribution in [3.63, 3.8) is 0 Å². The monoisotopic (exact) mass is 338 g/mol. The molecule has 25 heavy (non-hydrogen) atoms. The second-order valence-corrected chi connectivity index (χ2v) is 6.31. The summed E-state index contributed by atoms with van der Waals surface area (Å²) in [6, 6.07) is 12.4. The molecule has 7 heteroatoms. The first-order valence-electron chi connectivity index (χ1n) is 8.26. The number of nitrogens with two attached hydrogens (primary N) is 1. The van der Waals surface area contributed by atoms with Gasteiger partial charge in [-0.1, -0.05) is 12.1 Å². The molecule has 1 aromatic heterocycles. The van der Waals surface area contributed by atoms with Crippen LogP contribution in [0.5, 0.6) is 0 Å². The topological polar surface area (TPSA) is 98.4 Å². The van der Waals surface area contributed by atoms with Crippen LogP contribution in [0.25, 0.3) is 11.1 Å². The summed E-state index contributed by atoms with van der Waals surface area (Å²) in [4.78, 5) is 17.6. The Morgan fingerprint density at radius 1 is 1.28 bits per heavy atom. The maximum Gasteiger partial charge on any atom is 0.292 e. The van der Waals surface area contributed by atoms with Gasteiger partial charge in [-0.15, -0.1) is 0 Å². The lowest BCUT2D eigenvalue weighted by molar-refractivity contribution is -0.384. The summed E-state index contributed by atoms with van der Waals surface area (Å²) >= 11 is 0. The van der Waals surface area contributed by atoms with E-state index in [2.05, 4.69) is 4.98 Å². The molecular weight excluding hydrogens is 320 g/mol. The van der Waals surface area contributed by atoms with Crippen LogP contribution in [-0.4, -0.2) is 23.0 Å². The lowest BCUT2D eigenvalue weighted by Gasteiger charge is -2.32. The van der Waals surface area contributed by atoms with E-state index in [1.165, 1.54) is 6.07 Å². The van der Waals surface area contributed by atoms with Gasteiger partial charge in [-0.3, -0.25) is 10.1 Å². The fraction of sp³-hybridized carbons (Fsp3) is 0.278. The molecular formula is C18H18N4O3. The van der Waals surface area contributed by atoms with E-state index in [0.29, 0.717) is 23.8 Å². The van der Waals surface area contributed by atoms with Crippen LogP contribution in [0.4, 0.5) is 17.1 Å². The van der Waals surface area contributed by atoms with Gasteiger partial charge in [0.2, 0.25) is 0 Å². The predicted octanol–water partition coefficient (Wildman–Crippen LogP) is 3.70. The first kappa shape index (κ1) is 15.4. The lowest BCUT2D eigenvalue weighted by atomic mass is 9.97. The second kappa shape index (κ2) is 6.08. The molecule has 4 rings (SSSR count). The molecule has 0 aliphatic carbocycles. The fourth-order valence-electron chi connectivity index (χ4n) is 3.41. The van der Waals surface area contributed by atoms with Crippen molar-refractivity contribution in [2.24, 2.45) is 0 Å². The molecule has 1 fully saturated rings. The SMILES string of the molecule is Nc1ccc([N+](=O)[O-])c(N2CCC[C@H](c3nc4ccccc4o3)C2)c1. The Morgan fingerprint density at radius 2 is 2.12 bits per heavy atom. The average Bonchev–Trinajstić information content (AvgIpc) is 3.06. The van der Waals surface area contributed by atoms with Gasteiger partial charge in [0.05, 0.1) is 10.8 Å². The van der Waals surface area contributed by atoms with Crippen LogP contribution >= 0.6 is 0 Å². The van der Waals surface area contributed by atoms with Crippen LogP contribution in [0, 0.1) is 10.1 Å². The van der Waals surface area contributed by atoms with E-state index in [9.17, 15) is 10.1 Å². The van der Waals surface area contributed by atoms with Crippen molar-refractivity contribution in [3.05, 3.63) is 58.5 Å². The third-order valence-corrected chi connectivity index (χ3v) is 4.62. The van der Waals surface area contributed by atoms with E-state index in [-0.39, 0.29) is 16.5 Å². The van der Waals surface area contributed by atoms with Crippen LogP contribution in [0.1, 0.15) is 24.7 Å². The van der Waals surface area contributed by atoms with Crippen molar-refractivity contribution in [2.75, 3.05) is 23.7 Å². The summed E-state index contributed by atoms with van der Waals surface area (Å²) < 4.78 is 5.90. The van der Waals surface area contributed by atoms with Crippen molar-refractivity contribution in [3.8, 4) is 0 Å². The van der Waals surface area contributed by atoms with Crippen molar-refractivity contribution >= 4 is 28.2 Å². The first-order valence-corrected chi connectivity index (χ1v) is 8.26. The van der Waals surface area contributed by atoms with Gasteiger partial charge in [0.15, 0.2) is 11.5 Å². The van der Waals surface area contributed by atoms with E-state index in [4.69, 9.17) is 10.2 Å². The third kappa shape index (κ3) is 2.88. The van der Waals surface area contributed by atoms with E-state index in [1.807, 2.05) is 29.2 Å². The summed E-state index contributed by atoms with van der Waals surface area (Å²) in [5.74, 6) is 0.791. The molecule has 0 spiro atoms. The van der Waals surface area contributed by atoms with Gasteiger partial charge in [0.1, 0.15) is 11.2 Å². The predicted molar refractivity (Wildman–Crippen MR) is 95.7 cm³/mol. The summed E-state index contributed by atoms with van der Waals surface area (Å²) in [7, 11) is 0. The van der Waals surface area contributed by atoms with Gasteiger partial charge in [0.25, 0.3) is 5.69 Å². The Bertz CT molecular complexity index is 904. The largest absolute Gasteiger partial charge is 0.440 e. The number of nitro benzene ring substituents is 1. The lowest BCUT2D eigenvalue weighted by Crippen LogP contribution is -2.34. The maximum absolute atomic E-state index is 11.4. The molecule has 0 amide bonds. The molecule has 2 aromatic carbocycles. The number of hydrogen-bond acceptors (Lipinski definition) is 6. The highest BCUT2D eigenvalue weighted by Gasteiger charge is 2.29. The highest BCUT2D eigenvalue weighted by Crippen LogP contribution is 2.36. The van der Waals surface area contributed by atoms with Gasteiger partial charge < -0.3 is 15.1 Å². The zero-order valence-electron chi connectivity index (χ0n) is 13.6. The van der Waals surface area contributed by atoms with Crippen LogP contribution in [0.2, 0.25) is 0 Å². The highest BCUT2D eigenvalue weighted by molar-refractivity contribution is 5.72. The number of nitro groups is 1. The summed E-state index contributed by atoms with van der Waals surface area (Å²) in [6.07, 6.45) is 1.86. The minimum atomic E-state index is -0.363. The van der Waals surface area contributed by atoms with Gasteiger partial charge in [0, 0.05) is 24.8 Å². The normalized spacial score (nSPS) is 17.8. The summed E-state index contributed by atoms with van der Waals surface area (Å²) in [5, 5.41) is 11.4. The summed E-state index contributed by atoms with van der Waals surface area (Å²) in [5.41, 5.74) is 8.61. The van der Waals surface area contributed by atoms with Crippen molar-refractivity contribution in [1.82, 2.24) is 4.98 Å². The van der Waals surface area contributed by atoms with Crippen LogP contribution in [0.3, 0.4) is 0 Å². The molecule has 0 bridgehead atoms. The van der Waals surface area contributed by atoms with Gasteiger partial charge in [-0.25, -0.2) is 4.98 Å². The van der Waals surface area contributed by atoms with Crippen molar-refractivity contribution in [1.29, 1.82) is 0 Å².